The van der Waals surface area contributed by atoms with E-state index in [0.29, 0.717) is 13.1 Å². The lowest BCUT2D eigenvalue weighted by molar-refractivity contribution is -0.307. The van der Waals surface area contributed by atoms with Gasteiger partial charge in [0.1, 0.15) is 11.5 Å². The number of alkyl halides is 6. The number of benzene rings is 4. The van der Waals surface area contributed by atoms with E-state index >= 15 is 0 Å². The van der Waals surface area contributed by atoms with Crippen LogP contribution in [0.25, 0.3) is 22.3 Å². The summed E-state index contributed by atoms with van der Waals surface area (Å²) in [6, 6.07) is 19.7. The van der Waals surface area contributed by atoms with Crippen LogP contribution in [0.5, 0.6) is 11.5 Å². The number of rotatable bonds is 2. The summed E-state index contributed by atoms with van der Waals surface area (Å²) in [6.07, 6.45) is -5.42. The van der Waals surface area contributed by atoms with Crippen molar-refractivity contribution in [3.8, 4) is 33.8 Å². The summed E-state index contributed by atoms with van der Waals surface area (Å²) in [6.45, 7) is 0.706. The minimum atomic E-state index is -4.59. The average molecular weight is 623 g/mol. The van der Waals surface area contributed by atoms with Crippen molar-refractivity contribution in [1.82, 2.24) is 9.80 Å². The molecule has 1 spiro atoms. The predicted molar refractivity (Wildman–Crippen MR) is 155 cm³/mol. The van der Waals surface area contributed by atoms with Gasteiger partial charge in [-0.05, 0) is 36.1 Å². The van der Waals surface area contributed by atoms with E-state index in [1.54, 1.807) is 36.4 Å². The van der Waals surface area contributed by atoms with Crippen molar-refractivity contribution in [2.75, 3.05) is 0 Å². The number of hydrogen-bond donors (Lipinski definition) is 0. The van der Waals surface area contributed by atoms with Crippen molar-refractivity contribution in [2.24, 2.45) is 0 Å². The van der Waals surface area contributed by atoms with E-state index in [1.165, 1.54) is 24.3 Å². The second-order valence-corrected chi connectivity index (χ2v) is 12.1. The molecule has 45 heavy (non-hydrogen) atoms. The molecule has 0 amide bonds. The molecule has 1 aliphatic carbocycles. The van der Waals surface area contributed by atoms with Gasteiger partial charge in [0.25, 0.3) is 0 Å². The summed E-state index contributed by atoms with van der Waals surface area (Å²) in [4.78, 5) is 4.24. The highest BCUT2D eigenvalue weighted by atomic mass is 19.4. The van der Waals surface area contributed by atoms with Crippen molar-refractivity contribution in [3.05, 3.63) is 107 Å². The third-order valence-corrected chi connectivity index (χ3v) is 9.61. The van der Waals surface area contributed by atoms with E-state index in [1.807, 2.05) is 12.1 Å². The Labute approximate surface area is 255 Å². The van der Waals surface area contributed by atoms with Gasteiger partial charge in [-0.2, -0.15) is 26.3 Å². The van der Waals surface area contributed by atoms with Gasteiger partial charge in [0, 0.05) is 47.4 Å². The molecule has 4 aromatic rings. The van der Waals surface area contributed by atoms with E-state index in [0.717, 1.165) is 48.9 Å². The van der Waals surface area contributed by atoms with E-state index in [-0.39, 0.29) is 45.8 Å². The zero-order valence-corrected chi connectivity index (χ0v) is 24.0. The number of ether oxygens (including phenoxy) is 2. The molecule has 8 rings (SSSR count). The molecule has 3 atom stereocenters. The van der Waals surface area contributed by atoms with Crippen LogP contribution in [0.4, 0.5) is 26.3 Å². The molecular formula is C35H28F6N2O2. The second kappa shape index (κ2) is 9.99. The second-order valence-electron chi connectivity index (χ2n) is 12.1. The van der Waals surface area contributed by atoms with E-state index < -0.39 is 29.5 Å². The maximum Gasteiger partial charge on any atom is 0.417 e. The highest BCUT2D eigenvalue weighted by molar-refractivity contribution is 5.77. The van der Waals surface area contributed by atoms with Gasteiger partial charge >= 0.3 is 18.4 Å². The molecule has 0 N–H and O–H groups in total. The Morgan fingerprint density at radius 2 is 0.933 bits per heavy atom. The third-order valence-electron chi connectivity index (χ3n) is 9.61. The lowest BCUT2D eigenvalue weighted by atomic mass is 9.89. The van der Waals surface area contributed by atoms with Crippen LogP contribution in [-0.4, -0.2) is 27.9 Å². The topological polar surface area (TPSA) is 24.9 Å². The molecule has 4 aliphatic rings. The highest BCUT2D eigenvalue weighted by Crippen LogP contribution is 2.55. The van der Waals surface area contributed by atoms with Crippen LogP contribution in [0.1, 0.15) is 47.9 Å². The molecule has 232 valence electrons. The Hall–Kier alpha value is -4.02. The number of halogens is 6. The first-order valence-electron chi connectivity index (χ1n) is 15.0. The minimum Gasteiger partial charge on any atom is -0.426 e. The maximum atomic E-state index is 14.2. The maximum absolute atomic E-state index is 14.2. The summed E-state index contributed by atoms with van der Waals surface area (Å²) in [5, 5.41) is 0. The monoisotopic (exact) mass is 622 g/mol. The largest absolute Gasteiger partial charge is 0.426 e. The molecule has 0 radical (unpaired) electrons. The molecule has 1 saturated heterocycles. The smallest absolute Gasteiger partial charge is 0.417 e. The first-order valence-corrected chi connectivity index (χ1v) is 15.0. The van der Waals surface area contributed by atoms with Crippen molar-refractivity contribution in [3.63, 3.8) is 0 Å². The van der Waals surface area contributed by atoms with Crippen LogP contribution < -0.4 is 9.47 Å². The molecule has 4 aromatic carbocycles. The standard InChI is InChI=1S/C35H28F6N2O2/c36-33(37,38)27-15-3-1-11-23(27)25-13-7-9-21-19-42-29-17-5-6-18-30(29)43-20-22-10-8-14-26(32(22)45-35(42,43)44-31(21)25)24-12-2-4-16-28(24)34(39,40)41/h1-4,7-16,29-30H,5-6,17-20H2/t29-,30?,35?/m1/s1. The summed E-state index contributed by atoms with van der Waals surface area (Å²) >= 11 is 0. The summed E-state index contributed by atoms with van der Waals surface area (Å²) in [5.74, 6) is 0.566. The van der Waals surface area contributed by atoms with Gasteiger partial charge in [0.2, 0.25) is 0 Å². The molecule has 3 aliphatic heterocycles. The molecule has 2 unspecified atom stereocenters. The SMILES string of the molecule is FC(F)(F)c1ccccc1-c1cccc2c1OC13Oc4c(cccc4-c4ccccc4C(F)(F)F)CN1[C@@H]1CCCCC1N3C2. The van der Waals surface area contributed by atoms with Gasteiger partial charge < -0.3 is 9.47 Å². The third kappa shape index (κ3) is 4.36. The molecule has 2 fully saturated rings. The highest BCUT2D eigenvalue weighted by Gasteiger charge is 2.65. The number of para-hydroxylation sites is 2. The van der Waals surface area contributed by atoms with Crippen molar-refractivity contribution < 1.29 is 35.8 Å². The van der Waals surface area contributed by atoms with Crippen LogP contribution in [0.2, 0.25) is 0 Å². The quantitative estimate of drug-likeness (QED) is 0.208. The molecule has 10 heteroatoms. The average Bonchev–Trinajstić information content (AvgIpc) is 3.30. The first kappa shape index (κ1) is 28.5. The van der Waals surface area contributed by atoms with Gasteiger partial charge in [-0.25, -0.2) is 9.80 Å². The predicted octanol–water partition coefficient (Wildman–Crippen LogP) is 9.08. The Morgan fingerprint density at radius 1 is 0.533 bits per heavy atom. The van der Waals surface area contributed by atoms with Crippen LogP contribution in [-0.2, 0) is 25.4 Å². The van der Waals surface area contributed by atoms with Crippen LogP contribution in [0.15, 0.2) is 84.9 Å². The molecule has 4 nitrogen and oxygen atoms in total. The van der Waals surface area contributed by atoms with Crippen molar-refractivity contribution in [2.45, 2.75) is 69.2 Å². The van der Waals surface area contributed by atoms with E-state index in [9.17, 15) is 26.3 Å². The minimum absolute atomic E-state index is 0.00957. The Kier molecular flexibility index (Phi) is 6.32. The fourth-order valence-corrected chi connectivity index (χ4v) is 7.74. The Morgan fingerprint density at radius 3 is 1.36 bits per heavy atom. The zero-order valence-electron chi connectivity index (χ0n) is 24.0. The van der Waals surface area contributed by atoms with Crippen LogP contribution in [0.3, 0.4) is 0 Å². The van der Waals surface area contributed by atoms with E-state index in [2.05, 4.69) is 9.80 Å². The zero-order chi connectivity index (χ0) is 31.1. The molecule has 1 saturated carbocycles. The molecular weight excluding hydrogens is 594 g/mol. The van der Waals surface area contributed by atoms with Crippen molar-refractivity contribution >= 4 is 0 Å². The molecule has 0 aromatic heterocycles. The number of fused-ring (bicyclic) bond motifs is 5. The number of hydrogen-bond acceptors (Lipinski definition) is 4. The summed E-state index contributed by atoms with van der Waals surface area (Å²) < 4.78 is 98.8. The lowest BCUT2D eigenvalue weighted by Crippen LogP contribution is -2.66. The Balaban J connectivity index is 1.31. The van der Waals surface area contributed by atoms with Crippen LogP contribution >= 0.6 is 0 Å². The lowest BCUT2D eigenvalue weighted by Gasteiger charge is -2.49. The van der Waals surface area contributed by atoms with Crippen molar-refractivity contribution in [1.29, 1.82) is 0 Å². The number of nitrogens with zero attached hydrogens (tertiary/aromatic N) is 2. The fraction of sp³-hybridized carbons (Fsp3) is 0.314. The van der Waals surface area contributed by atoms with Gasteiger partial charge in [0.15, 0.2) is 0 Å². The van der Waals surface area contributed by atoms with Gasteiger partial charge in [0.05, 0.1) is 11.1 Å². The van der Waals surface area contributed by atoms with Gasteiger partial charge in [-0.1, -0.05) is 85.6 Å². The van der Waals surface area contributed by atoms with Gasteiger partial charge in [-0.3, -0.25) is 0 Å². The van der Waals surface area contributed by atoms with E-state index in [4.69, 9.17) is 9.47 Å². The molecule has 0 bridgehead atoms. The van der Waals surface area contributed by atoms with Crippen LogP contribution in [0, 0.1) is 0 Å². The summed E-state index contributed by atoms with van der Waals surface area (Å²) in [5.41, 5.74) is 0.454. The first-order chi connectivity index (χ1) is 21.6. The summed E-state index contributed by atoms with van der Waals surface area (Å²) in [7, 11) is 0. The Bertz CT molecular complexity index is 1670. The fourth-order valence-electron chi connectivity index (χ4n) is 7.74. The normalized spacial score (nSPS) is 24.4. The molecule has 3 heterocycles. The van der Waals surface area contributed by atoms with Gasteiger partial charge in [-0.15, -0.1) is 0 Å².